The fourth-order valence-electron chi connectivity index (χ4n) is 2.51. The average Bonchev–Trinajstić information content (AvgIpc) is 3.11. The zero-order valence-electron chi connectivity index (χ0n) is 14.9. The summed E-state index contributed by atoms with van der Waals surface area (Å²) in [4.78, 5) is 35.9. The number of esters is 1. The molecule has 0 aliphatic carbocycles. The molecule has 0 unspecified atom stereocenters. The minimum atomic E-state index is -0.720. The zero-order chi connectivity index (χ0) is 20.1. The highest BCUT2D eigenvalue weighted by Crippen LogP contribution is 2.19. The van der Waals surface area contributed by atoms with Gasteiger partial charge in [-0.1, -0.05) is 34.1 Å². The summed E-state index contributed by atoms with van der Waals surface area (Å²) < 4.78 is 5.87. The standard InChI is InChI=1S/C19H17BrN4O4/c1-11-8-12(20)6-7-14(11)22-16(25)9-21-17(26)10-28-19(27)18-13-4-2-3-5-15(13)23-24-18/h2-8H,9-10H2,1H3,(H,21,26)(H,22,25)(H,23,24). The molecule has 1 aromatic heterocycles. The van der Waals surface area contributed by atoms with Gasteiger partial charge in [-0.25, -0.2) is 4.79 Å². The number of benzene rings is 2. The van der Waals surface area contributed by atoms with E-state index >= 15 is 0 Å². The molecule has 0 radical (unpaired) electrons. The quantitative estimate of drug-likeness (QED) is 0.505. The third-order valence-electron chi connectivity index (χ3n) is 3.91. The van der Waals surface area contributed by atoms with Gasteiger partial charge in [0.05, 0.1) is 12.1 Å². The molecule has 0 aliphatic rings. The number of ether oxygens (including phenoxy) is 1. The molecule has 2 amide bonds. The average molecular weight is 445 g/mol. The Balaban J connectivity index is 1.46. The zero-order valence-corrected chi connectivity index (χ0v) is 16.5. The van der Waals surface area contributed by atoms with Crippen molar-refractivity contribution in [1.82, 2.24) is 15.5 Å². The van der Waals surface area contributed by atoms with E-state index in [1.165, 1.54) is 0 Å². The molecule has 0 spiro atoms. The van der Waals surface area contributed by atoms with Gasteiger partial charge in [0.2, 0.25) is 5.91 Å². The van der Waals surface area contributed by atoms with Gasteiger partial charge in [-0.2, -0.15) is 5.10 Å². The number of nitrogens with zero attached hydrogens (tertiary/aromatic N) is 1. The van der Waals surface area contributed by atoms with Gasteiger partial charge in [-0.05, 0) is 36.8 Å². The number of para-hydroxylation sites is 1. The van der Waals surface area contributed by atoms with E-state index in [0.29, 0.717) is 16.6 Å². The molecule has 0 saturated heterocycles. The van der Waals surface area contributed by atoms with Crippen LogP contribution in [0.4, 0.5) is 5.69 Å². The Morgan fingerprint density at radius 3 is 2.71 bits per heavy atom. The van der Waals surface area contributed by atoms with E-state index in [-0.39, 0.29) is 18.1 Å². The Morgan fingerprint density at radius 2 is 1.93 bits per heavy atom. The van der Waals surface area contributed by atoms with Gasteiger partial charge in [-0.3, -0.25) is 14.7 Å². The Hall–Kier alpha value is -3.20. The molecule has 8 nitrogen and oxygen atoms in total. The summed E-state index contributed by atoms with van der Waals surface area (Å²) in [5.74, 6) is -1.69. The van der Waals surface area contributed by atoms with Crippen LogP contribution in [0.2, 0.25) is 0 Å². The number of amides is 2. The van der Waals surface area contributed by atoms with E-state index in [1.54, 1.807) is 30.3 Å². The molecule has 3 N–H and O–H groups in total. The number of halogens is 1. The lowest BCUT2D eigenvalue weighted by atomic mass is 10.2. The van der Waals surface area contributed by atoms with Crippen LogP contribution in [0.15, 0.2) is 46.9 Å². The third-order valence-corrected chi connectivity index (χ3v) is 4.40. The molecule has 144 valence electrons. The predicted molar refractivity (Wildman–Crippen MR) is 107 cm³/mol. The highest BCUT2D eigenvalue weighted by molar-refractivity contribution is 9.10. The van der Waals surface area contributed by atoms with Crippen molar-refractivity contribution in [3.05, 3.63) is 58.2 Å². The summed E-state index contributed by atoms with van der Waals surface area (Å²) in [7, 11) is 0. The van der Waals surface area contributed by atoms with Gasteiger partial charge in [0, 0.05) is 15.5 Å². The number of aromatic amines is 1. The lowest BCUT2D eigenvalue weighted by Crippen LogP contribution is -2.35. The minimum Gasteiger partial charge on any atom is -0.451 e. The maximum Gasteiger partial charge on any atom is 0.359 e. The molecule has 1 heterocycles. The summed E-state index contributed by atoms with van der Waals surface area (Å²) in [5.41, 5.74) is 2.33. The Morgan fingerprint density at radius 1 is 1.14 bits per heavy atom. The molecular weight excluding hydrogens is 428 g/mol. The largest absolute Gasteiger partial charge is 0.451 e. The van der Waals surface area contributed by atoms with Crippen molar-refractivity contribution in [2.24, 2.45) is 0 Å². The number of carbonyl (C=O) groups is 3. The number of rotatable bonds is 6. The predicted octanol–water partition coefficient (Wildman–Crippen LogP) is 2.55. The van der Waals surface area contributed by atoms with Crippen LogP contribution in [0.3, 0.4) is 0 Å². The van der Waals surface area contributed by atoms with E-state index in [0.717, 1.165) is 10.0 Å². The number of hydrogen-bond acceptors (Lipinski definition) is 5. The van der Waals surface area contributed by atoms with Crippen LogP contribution < -0.4 is 10.6 Å². The van der Waals surface area contributed by atoms with E-state index < -0.39 is 18.5 Å². The normalized spacial score (nSPS) is 10.5. The van der Waals surface area contributed by atoms with Crippen molar-refractivity contribution in [2.45, 2.75) is 6.92 Å². The SMILES string of the molecule is Cc1cc(Br)ccc1NC(=O)CNC(=O)COC(=O)c1n[nH]c2ccccc12. The van der Waals surface area contributed by atoms with Gasteiger partial charge in [0.15, 0.2) is 12.3 Å². The van der Waals surface area contributed by atoms with Crippen LogP contribution in [0.25, 0.3) is 10.9 Å². The molecule has 9 heteroatoms. The fourth-order valence-corrected chi connectivity index (χ4v) is 2.99. The van der Waals surface area contributed by atoms with Crippen molar-refractivity contribution in [2.75, 3.05) is 18.5 Å². The Bertz CT molecular complexity index is 1050. The van der Waals surface area contributed by atoms with Crippen LogP contribution in [-0.2, 0) is 14.3 Å². The lowest BCUT2D eigenvalue weighted by molar-refractivity contribution is -0.126. The lowest BCUT2D eigenvalue weighted by Gasteiger charge is -2.09. The van der Waals surface area contributed by atoms with Crippen LogP contribution in [0, 0.1) is 6.92 Å². The van der Waals surface area contributed by atoms with Crippen molar-refractivity contribution in [3.63, 3.8) is 0 Å². The van der Waals surface area contributed by atoms with Gasteiger partial charge in [-0.15, -0.1) is 0 Å². The minimum absolute atomic E-state index is 0.104. The summed E-state index contributed by atoms with van der Waals surface area (Å²) in [6.07, 6.45) is 0. The van der Waals surface area contributed by atoms with E-state index in [1.807, 2.05) is 19.1 Å². The fraction of sp³-hybridized carbons (Fsp3) is 0.158. The molecular formula is C19H17BrN4O4. The molecule has 0 aliphatic heterocycles. The first-order valence-corrected chi connectivity index (χ1v) is 9.16. The summed E-state index contributed by atoms with van der Waals surface area (Å²) in [6.45, 7) is 1.11. The van der Waals surface area contributed by atoms with Crippen molar-refractivity contribution < 1.29 is 19.1 Å². The summed E-state index contributed by atoms with van der Waals surface area (Å²) in [6, 6.07) is 12.5. The van der Waals surface area contributed by atoms with Crippen molar-refractivity contribution in [1.29, 1.82) is 0 Å². The van der Waals surface area contributed by atoms with Crippen molar-refractivity contribution >= 4 is 50.3 Å². The Labute approximate surface area is 168 Å². The number of fused-ring (bicyclic) bond motifs is 1. The molecule has 2 aromatic carbocycles. The molecule has 0 bridgehead atoms. The molecule has 0 atom stereocenters. The first kappa shape index (κ1) is 19.6. The monoisotopic (exact) mass is 444 g/mol. The molecule has 28 heavy (non-hydrogen) atoms. The van der Waals surface area contributed by atoms with Crippen LogP contribution in [-0.4, -0.2) is 41.1 Å². The van der Waals surface area contributed by atoms with E-state index in [9.17, 15) is 14.4 Å². The second-order valence-corrected chi connectivity index (χ2v) is 6.89. The van der Waals surface area contributed by atoms with Crippen LogP contribution >= 0.6 is 15.9 Å². The molecule has 3 aromatic rings. The first-order chi connectivity index (χ1) is 13.4. The van der Waals surface area contributed by atoms with Gasteiger partial charge in [0.1, 0.15) is 0 Å². The number of carbonyl (C=O) groups excluding carboxylic acids is 3. The summed E-state index contributed by atoms with van der Waals surface area (Å²) >= 11 is 3.35. The summed E-state index contributed by atoms with van der Waals surface area (Å²) in [5, 5.41) is 12.3. The van der Waals surface area contributed by atoms with Gasteiger partial charge >= 0.3 is 5.97 Å². The van der Waals surface area contributed by atoms with E-state index in [2.05, 4.69) is 36.8 Å². The highest BCUT2D eigenvalue weighted by Gasteiger charge is 2.17. The molecule has 0 fully saturated rings. The number of aromatic nitrogens is 2. The Kier molecular flexibility index (Phi) is 6.05. The number of H-pyrrole nitrogens is 1. The third kappa shape index (κ3) is 4.74. The number of hydrogen-bond donors (Lipinski definition) is 3. The second kappa shape index (κ2) is 8.66. The van der Waals surface area contributed by atoms with Crippen LogP contribution in [0.1, 0.15) is 16.1 Å². The number of aryl methyl sites for hydroxylation is 1. The van der Waals surface area contributed by atoms with E-state index in [4.69, 9.17) is 4.74 Å². The van der Waals surface area contributed by atoms with Gasteiger partial charge < -0.3 is 15.4 Å². The smallest absolute Gasteiger partial charge is 0.359 e. The second-order valence-electron chi connectivity index (χ2n) is 5.98. The topological polar surface area (TPSA) is 113 Å². The molecule has 0 saturated carbocycles. The maximum absolute atomic E-state index is 12.1. The molecule has 3 rings (SSSR count). The highest BCUT2D eigenvalue weighted by atomic mass is 79.9. The maximum atomic E-state index is 12.1. The number of nitrogens with one attached hydrogen (secondary N) is 3. The first-order valence-electron chi connectivity index (χ1n) is 8.37. The van der Waals surface area contributed by atoms with Gasteiger partial charge in [0.25, 0.3) is 5.91 Å². The van der Waals surface area contributed by atoms with Crippen LogP contribution in [0.5, 0.6) is 0 Å². The van der Waals surface area contributed by atoms with Crippen molar-refractivity contribution in [3.8, 4) is 0 Å². The number of anilines is 1.